The van der Waals surface area contributed by atoms with Crippen molar-refractivity contribution in [2.24, 2.45) is 0 Å². The highest BCUT2D eigenvalue weighted by Crippen LogP contribution is 2.26. The highest BCUT2D eigenvalue weighted by atomic mass is 32.3. The lowest BCUT2D eigenvalue weighted by atomic mass is 9.99. The van der Waals surface area contributed by atoms with Gasteiger partial charge in [-0.05, 0) is 51.4 Å². The fourth-order valence-electron chi connectivity index (χ4n) is 9.37. The Balaban J connectivity index is 2.26. The van der Waals surface area contributed by atoms with Gasteiger partial charge in [0.2, 0.25) is 5.91 Å². The second-order valence-electron chi connectivity index (χ2n) is 20.6. The van der Waals surface area contributed by atoms with Gasteiger partial charge in [-0.2, -0.15) is 8.42 Å². The van der Waals surface area contributed by atoms with E-state index in [1.54, 1.807) is 6.08 Å². The zero-order chi connectivity index (χ0) is 51.9. The molecule has 0 saturated carbocycles. The van der Waals surface area contributed by atoms with Gasteiger partial charge in [0.25, 0.3) is 0 Å². The first-order valence-corrected chi connectivity index (χ1v) is 30.7. The van der Waals surface area contributed by atoms with Crippen LogP contribution in [-0.4, -0.2) is 95.4 Å². The first kappa shape index (κ1) is 67.3. The standard InChI is InChI=1S/C58H109NO11S/c1-3-5-7-9-11-13-15-17-18-19-20-21-22-23-24-25-26-27-28-29-30-31-32-33-34-36-38-40-42-44-46-48-54(62)59-51(52(61)47-45-43-41-39-37-35-16-14-12-10-8-6-4-2)50-68-58-56(64)57(70-71(65,66)67)55(63)53(49-60)69-58/h20-21,23-24,45,47,51-53,55-58,60-61,63-64H,3-19,22,25-44,46,48-50H2,1-2H3,(H,59,62)(H,65,66,67)/b21-20-,24-23-,47-45+. The lowest BCUT2D eigenvalue weighted by molar-refractivity contribution is -0.298. The van der Waals surface area contributed by atoms with Crippen molar-refractivity contribution >= 4 is 16.3 Å². The Labute approximate surface area is 435 Å². The van der Waals surface area contributed by atoms with Crippen LogP contribution in [0.15, 0.2) is 36.5 Å². The van der Waals surface area contributed by atoms with E-state index in [0.29, 0.717) is 6.42 Å². The summed E-state index contributed by atoms with van der Waals surface area (Å²) >= 11 is 0. The van der Waals surface area contributed by atoms with E-state index in [1.165, 1.54) is 199 Å². The van der Waals surface area contributed by atoms with Crippen LogP contribution < -0.4 is 5.32 Å². The molecule has 1 aliphatic rings. The third-order valence-electron chi connectivity index (χ3n) is 13.9. The predicted molar refractivity (Wildman–Crippen MR) is 292 cm³/mol. The summed E-state index contributed by atoms with van der Waals surface area (Å²) in [5.41, 5.74) is 0. The van der Waals surface area contributed by atoms with Crippen molar-refractivity contribution in [3.63, 3.8) is 0 Å². The van der Waals surface area contributed by atoms with Crippen LogP contribution in [0, 0.1) is 0 Å². The van der Waals surface area contributed by atoms with Crippen LogP contribution in [-0.2, 0) is 28.9 Å². The number of allylic oxidation sites excluding steroid dienone is 5. The molecule has 0 aliphatic carbocycles. The Bertz CT molecular complexity index is 1390. The van der Waals surface area contributed by atoms with E-state index in [1.807, 2.05) is 6.08 Å². The topological polar surface area (TPSA) is 192 Å². The highest BCUT2D eigenvalue weighted by molar-refractivity contribution is 7.80. The summed E-state index contributed by atoms with van der Waals surface area (Å²) in [4.78, 5) is 13.1. The maximum atomic E-state index is 13.1. The SMILES string of the molecule is CCCCCCCCCCC/C=C\C/C=C\CCCCCCCCCCCCCCCCCC(=O)NC(COC1OC(CO)C(O)C(OS(=O)(=O)O)C1O)C(O)/C=C/CCCCCCCCCCCCC. The average Bonchev–Trinajstić information content (AvgIpc) is 3.34. The third-order valence-corrected chi connectivity index (χ3v) is 14.4. The molecule has 1 heterocycles. The number of hydrogen-bond donors (Lipinski definition) is 6. The zero-order valence-corrected chi connectivity index (χ0v) is 46.1. The fourth-order valence-corrected chi connectivity index (χ4v) is 9.88. The van der Waals surface area contributed by atoms with E-state index in [0.717, 1.165) is 44.9 Å². The number of ether oxygens (including phenoxy) is 2. The Morgan fingerprint density at radius 1 is 0.563 bits per heavy atom. The van der Waals surface area contributed by atoms with Crippen LogP contribution in [0.1, 0.15) is 271 Å². The number of carbonyl (C=O) groups excluding carboxylic acids is 1. The Morgan fingerprint density at radius 2 is 0.944 bits per heavy atom. The monoisotopic (exact) mass is 1030 g/mol. The highest BCUT2D eigenvalue weighted by Gasteiger charge is 2.48. The minimum atomic E-state index is -5.09. The molecule has 7 unspecified atom stereocenters. The van der Waals surface area contributed by atoms with Crippen LogP contribution in [0.5, 0.6) is 0 Å². The Morgan fingerprint density at radius 3 is 1.34 bits per heavy atom. The normalized spacial score (nSPS) is 19.7. The molecule has 12 nitrogen and oxygen atoms in total. The molecule has 7 atom stereocenters. The van der Waals surface area contributed by atoms with Gasteiger partial charge in [0.05, 0.1) is 25.4 Å². The van der Waals surface area contributed by atoms with Crippen LogP contribution >= 0.6 is 0 Å². The molecule has 1 aliphatic heterocycles. The number of carbonyl (C=O) groups is 1. The molecule has 0 spiro atoms. The minimum Gasteiger partial charge on any atom is -0.394 e. The van der Waals surface area contributed by atoms with Crippen molar-refractivity contribution in [2.75, 3.05) is 13.2 Å². The molecule has 0 aromatic rings. The molecule has 0 radical (unpaired) electrons. The second-order valence-corrected chi connectivity index (χ2v) is 21.6. The maximum Gasteiger partial charge on any atom is 0.397 e. The first-order chi connectivity index (χ1) is 34.5. The number of rotatable bonds is 51. The van der Waals surface area contributed by atoms with E-state index in [9.17, 15) is 38.2 Å². The number of hydrogen-bond acceptors (Lipinski definition) is 10. The zero-order valence-electron chi connectivity index (χ0n) is 45.3. The van der Waals surface area contributed by atoms with Crippen LogP contribution in [0.25, 0.3) is 0 Å². The van der Waals surface area contributed by atoms with E-state index in [2.05, 4.69) is 47.7 Å². The molecule has 71 heavy (non-hydrogen) atoms. The summed E-state index contributed by atoms with van der Waals surface area (Å²) < 4.78 is 47.8. The van der Waals surface area contributed by atoms with Gasteiger partial charge < -0.3 is 35.2 Å². The molecule has 0 bridgehead atoms. The predicted octanol–water partition coefficient (Wildman–Crippen LogP) is 13.8. The maximum absolute atomic E-state index is 13.1. The van der Waals surface area contributed by atoms with E-state index >= 15 is 0 Å². The number of amides is 1. The molecule has 1 saturated heterocycles. The molecule has 0 aromatic heterocycles. The Hall–Kier alpha value is -1.68. The van der Waals surface area contributed by atoms with Crippen molar-refractivity contribution in [2.45, 2.75) is 314 Å². The van der Waals surface area contributed by atoms with Crippen molar-refractivity contribution in [1.29, 1.82) is 0 Å². The van der Waals surface area contributed by atoms with Gasteiger partial charge in [-0.25, -0.2) is 4.18 Å². The number of nitrogens with one attached hydrogen (secondary N) is 1. The molecule has 1 rings (SSSR count). The molecule has 6 N–H and O–H groups in total. The summed E-state index contributed by atoms with van der Waals surface area (Å²) in [5.74, 6) is -0.261. The van der Waals surface area contributed by atoms with Gasteiger partial charge in [0.1, 0.15) is 24.4 Å². The molecule has 418 valence electrons. The largest absolute Gasteiger partial charge is 0.397 e. The summed E-state index contributed by atoms with van der Waals surface area (Å²) in [5, 5.41) is 44.9. The first-order valence-electron chi connectivity index (χ1n) is 29.4. The lowest BCUT2D eigenvalue weighted by Crippen LogP contribution is -2.61. The van der Waals surface area contributed by atoms with Crippen LogP contribution in [0.2, 0.25) is 0 Å². The van der Waals surface area contributed by atoms with Crippen LogP contribution in [0.3, 0.4) is 0 Å². The molecule has 1 amide bonds. The molecular weight excluding hydrogens is 919 g/mol. The third kappa shape index (κ3) is 40.3. The molecule has 1 fully saturated rings. The van der Waals surface area contributed by atoms with Crippen LogP contribution in [0.4, 0.5) is 0 Å². The van der Waals surface area contributed by atoms with E-state index in [-0.39, 0.29) is 18.9 Å². The number of aliphatic hydroxyl groups is 4. The number of aliphatic hydroxyl groups excluding tert-OH is 4. The molecular formula is C58H109NO11S. The van der Waals surface area contributed by atoms with E-state index < -0.39 is 59.9 Å². The smallest absolute Gasteiger partial charge is 0.394 e. The van der Waals surface area contributed by atoms with Gasteiger partial charge >= 0.3 is 10.4 Å². The van der Waals surface area contributed by atoms with Crippen molar-refractivity contribution < 1.29 is 51.8 Å². The van der Waals surface area contributed by atoms with Gasteiger partial charge in [-0.15, -0.1) is 0 Å². The van der Waals surface area contributed by atoms with Crippen molar-refractivity contribution in [3.8, 4) is 0 Å². The van der Waals surface area contributed by atoms with Gasteiger partial charge in [-0.3, -0.25) is 9.35 Å². The van der Waals surface area contributed by atoms with Crippen molar-refractivity contribution in [3.05, 3.63) is 36.5 Å². The summed E-state index contributed by atoms with van der Waals surface area (Å²) in [6, 6.07) is -0.943. The van der Waals surface area contributed by atoms with Gasteiger partial charge in [-0.1, -0.05) is 249 Å². The van der Waals surface area contributed by atoms with Crippen molar-refractivity contribution in [1.82, 2.24) is 5.32 Å². The van der Waals surface area contributed by atoms with E-state index in [4.69, 9.17) is 9.47 Å². The summed E-state index contributed by atoms with van der Waals surface area (Å²) in [6.07, 6.45) is 52.1. The molecule has 0 aromatic carbocycles. The number of unbranched alkanes of at least 4 members (excludes halogenated alkanes) is 35. The quantitative estimate of drug-likeness (QED) is 0.0193. The molecule has 13 heteroatoms. The lowest BCUT2D eigenvalue weighted by Gasteiger charge is -2.41. The second kappa shape index (κ2) is 48.0. The summed E-state index contributed by atoms with van der Waals surface area (Å²) in [6.45, 7) is 3.41. The fraction of sp³-hybridized carbons (Fsp3) is 0.879. The van der Waals surface area contributed by atoms with Gasteiger partial charge in [0.15, 0.2) is 6.29 Å². The minimum absolute atomic E-state index is 0.261. The summed E-state index contributed by atoms with van der Waals surface area (Å²) in [7, 11) is -5.09. The van der Waals surface area contributed by atoms with Gasteiger partial charge in [0, 0.05) is 6.42 Å². The average molecular weight is 1030 g/mol. The Kier molecular flexibility index (Phi) is 45.5.